The van der Waals surface area contributed by atoms with E-state index in [1.54, 1.807) is 0 Å². The molecule has 3 nitrogen and oxygen atoms in total. The van der Waals surface area contributed by atoms with Crippen molar-refractivity contribution in [3.63, 3.8) is 0 Å². The lowest BCUT2D eigenvalue weighted by Crippen LogP contribution is -2.10. The first kappa shape index (κ1) is 14.0. The molecule has 0 spiro atoms. The second-order valence-corrected chi connectivity index (χ2v) is 5.67. The van der Waals surface area contributed by atoms with Crippen molar-refractivity contribution in [3.05, 3.63) is 28.8 Å². The topological polar surface area (TPSA) is 43.4 Å². The van der Waals surface area contributed by atoms with E-state index in [-0.39, 0.29) is 0 Å². The molecule has 0 fully saturated rings. The molecule has 96 valence electrons. The van der Waals surface area contributed by atoms with Crippen LogP contribution in [0.4, 0.5) is 0 Å². The SMILES string of the molecule is CCc1cc(CC)c(OS(C)(=O)=O)c(CC)c1. The first-order valence-electron chi connectivity index (χ1n) is 5.95. The van der Waals surface area contributed by atoms with Crippen LogP contribution in [0.2, 0.25) is 0 Å². The van der Waals surface area contributed by atoms with E-state index in [1.807, 2.05) is 26.0 Å². The Bertz CT molecular complexity index is 464. The van der Waals surface area contributed by atoms with E-state index in [1.165, 1.54) is 5.56 Å². The third-order valence-corrected chi connectivity index (χ3v) is 3.18. The van der Waals surface area contributed by atoms with E-state index >= 15 is 0 Å². The van der Waals surface area contributed by atoms with Crippen LogP contribution >= 0.6 is 0 Å². The Balaban J connectivity index is 3.34. The minimum atomic E-state index is -3.46. The molecule has 0 unspecified atom stereocenters. The molecule has 0 aliphatic rings. The number of benzene rings is 1. The second kappa shape index (κ2) is 5.54. The molecule has 0 saturated carbocycles. The van der Waals surface area contributed by atoms with Crippen LogP contribution in [0.15, 0.2) is 12.1 Å². The van der Waals surface area contributed by atoms with Crippen LogP contribution in [0.3, 0.4) is 0 Å². The van der Waals surface area contributed by atoms with E-state index < -0.39 is 10.1 Å². The molecule has 0 aliphatic heterocycles. The maximum Gasteiger partial charge on any atom is 0.306 e. The van der Waals surface area contributed by atoms with Gasteiger partial charge in [-0.15, -0.1) is 0 Å². The van der Waals surface area contributed by atoms with Crippen molar-refractivity contribution >= 4 is 10.1 Å². The van der Waals surface area contributed by atoms with Gasteiger partial charge in [0.15, 0.2) is 0 Å². The normalized spacial score (nSPS) is 11.5. The van der Waals surface area contributed by atoms with Gasteiger partial charge in [0, 0.05) is 0 Å². The predicted octanol–water partition coefficient (Wildman–Crippen LogP) is 2.71. The zero-order valence-corrected chi connectivity index (χ0v) is 11.7. The molecule has 1 aromatic rings. The summed E-state index contributed by atoms with van der Waals surface area (Å²) in [7, 11) is -3.46. The Morgan fingerprint density at radius 1 is 1.00 bits per heavy atom. The van der Waals surface area contributed by atoms with E-state index in [4.69, 9.17) is 4.18 Å². The van der Waals surface area contributed by atoms with Crippen LogP contribution in [-0.4, -0.2) is 14.7 Å². The van der Waals surface area contributed by atoms with Gasteiger partial charge in [-0.1, -0.05) is 32.9 Å². The summed E-state index contributed by atoms with van der Waals surface area (Å²) in [5.41, 5.74) is 3.15. The average molecular weight is 256 g/mol. The van der Waals surface area contributed by atoms with Gasteiger partial charge in [-0.2, -0.15) is 8.42 Å². The Labute approximate surface area is 104 Å². The summed E-state index contributed by atoms with van der Waals surface area (Å²) in [6.45, 7) is 6.10. The summed E-state index contributed by atoms with van der Waals surface area (Å²) in [4.78, 5) is 0. The fourth-order valence-electron chi connectivity index (χ4n) is 1.81. The third-order valence-electron chi connectivity index (χ3n) is 2.71. The van der Waals surface area contributed by atoms with Gasteiger partial charge < -0.3 is 4.18 Å². The zero-order chi connectivity index (χ0) is 13.1. The van der Waals surface area contributed by atoms with Crippen LogP contribution in [0.25, 0.3) is 0 Å². The predicted molar refractivity (Wildman–Crippen MR) is 70.0 cm³/mol. The van der Waals surface area contributed by atoms with E-state index in [0.29, 0.717) is 5.75 Å². The largest absolute Gasteiger partial charge is 0.382 e. The summed E-state index contributed by atoms with van der Waals surface area (Å²) in [5.74, 6) is 0.523. The van der Waals surface area contributed by atoms with Crippen molar-refractivity contribution in [2.24, 2.45) is 0 Å². The van der Waals surface area contributed by atoms with Gasteiger partial charge in [0.1, 0.15) is 5.75 Å². The first-order chi connectivity index (χ1) is 7.91. The van der Waals surface area contributed by atoms with Crippen molar-refractivity contribution in [3.8, 4) is 5.75 Å². The molecule has 0 atom stereocenters. The first-order valence-corrected chi connectivity index (χ1v) is 7.77. The van der Waals surface area contributed by atoms with Gasteiger partial charge in [0.2, 0.25) is 0 Å². The molecule has 0 saturated heterocycles. The van der Waals surface area contributed by atoms with Gasteiger partial charge in [-0.05, 0) is 36.0 Å². The van der Waals surface area contributed by atoms with Gasteiger partial charge >= 0.3 is 10.1 Å². The summed E-state index contributed by atoms with van der Waals surface area (Å²) in [6.07, 6.45) is 3.57. The molecule has 0 amide bonds. The molecular weight excluding hydrogens is 236 g/mol. The molecule has 0 radical (unpaired) electrons. The molecular formula is C13H20O3S. The molecule has 1 aromatic carbocycles. The van der Waals surface area contributed by atoms with Crippen molar-refractivity contribution < 1.29 is 12.6 Å². The maximum atomic E-state index is 11.3. The van der Waals surface area contributed by atoms with Crippen molar-refractivity contribution in [2.45, 2.75) is 40.0 Å². The molecule has 17 heavy (non-hydrogen) atoms. The van der Waals surface area contributed by atoms with Crippen LogP contribution in [0.1, 0.15) is 37.5 Å². The number of aryl methyl sites for hydroxylation is 3. The fourth-order valence-corrected chi connectivity index (χ4v) is 2.33. The molecule has 0 aliphatic carbocycles. The van der Waals surface area contributed by atoms with Gasteiger partial charge in [-0.3, -0.25) is 0 Å². The van der Waals surface area contributed by atoms with E-state index in [0.717, 1.165) is 36.6 Å². The molecule has 0 N–H and O–H groups in total. The molecule has 0 heterocycles. The molecule has 4 heteroatoms. The highest BCUT2D eigenvalue weighted by atomic mass is 32.2. The Morgan fingerprint density at radius 2 is 1.47 bits per heavy atom. The summed E-state index contributed by atoms with van der Waals surface area (Å²) in [5, 5.41) is 0. The maximum absolute atomic E-state index is 11.3. The Morgan fingerprint density at radius 3 is 1.76 bits per heavy atom. The van der Waals surface area contributed by atoms with Crippen molar-refractivity contribution in [1.82, 2.24) is 0 Å². The summed E-state index contributed by atoms with van der Waals surface area (Å²) >= 11 is 0. The lowest BCUT2D eigenvalue weighted by molar-refractivity contribution is 0.486. The lowest BCUT2D eigenvalue weighted by Gasteiger charge is -2.14. The van der Waals surface area contributed by atoms with Crippen LogP contribution in [0, 0.1) is 0 Å². The number of rotatable bonds is 5. The highest BCUT2D eigenvalue weighted by molar-refractivity contribution is 7.86. The molecule has 0 bridgehead atoms. The van der Waals surface area contributed by atoms with Crippen molar-refractivity contribution in [1.29, 1.82) is 0 Å². The van der Waals surface area contributed by atoms with E-state index in [9.17, 15) is 8.42 Å². The minimum absolute atomic E-state index is 0.523. The standard InChI is InChI=1S/C13H20O3S/c1-5-10-8-11(6-2)13(12(7-3)9-10)16-17(4,14)15/h8-9H,5-7H2,1-4H3. The van der Waals surface area contributed by atoms with Crippen LogP contribution in [0.5, 0.6) is 5.75 Å². The monoisotopic (exact) mass is 256 g/mol. The van der Waals surface area contributed by atoms with Gasteiger partial charge in [-0.25, -0.2) is 0 Å². The van der Waals surface area contributed by atoms with Gasteiger partial charge in [0.25, 0.3) is 0 Å². The lowest BCUT2D eigenvalue weighted by atomic mass is 9.99. The van der Waals surface area contributed by atoms with Crippen molar-refractivity contribution in [2.75, 3.05) is 6.26 Å². The number of hydrogen-bond acceptors (Lipinski definition) is 3. The quantitative estimate of drug-likeness (QED) is 0.761. The zero-order valence-electron chi connectivity index (χ0n) is 10.9. The Kier molecular flexibility index (Phi) is 4.57. The molecule has 0 aromatic heterocycles. The van der Waals surface area contributed by atoms with Gasteiger partial charge in [0.05, 0.1) is 6.26 Å². The fraction of sp³-hybridized carbons (Fsp3) is 0.538. The average Bonchev–Trinajstić information content (AvgIpc) is 2.27. The van der Waals surface area contributed by atoms with Crippen LogP contribution in [-0.2, 0) is 29.4 Å². The Hall–Kier alpha value is -1.03. The number of hydrogen-bond donors (Lipinski definition) is 0. The summed E-state index contributed by atoms with van der Waals surface area (Å²) in [6, 6.07) is 4.05. The summed E-state index contributed by atoms with van der Waals surface area (Å²) < 4.78 is 27.7. The highest BCUT2D eigenvalue weighted by Gasteiger charge is 2.14. The second-order valence-electron chi connectivity index (χ2n) is 4.09. The third kappa shape index (κ3) is 3.73. The highest BCUT2D eigenvalue weighted by Crippen LogP contribution is 2.28. The smallest absolute Gasteiger partial charge is 0.306 e. The van der Waals surface area contributed by atoms with Crippen LogP contribution < -0.4 is 4.18 Å². The molecule has 1 rings (SSSR count). The minimum Gasteiger partial charge on any atom is -0.382 e. The van der Waals surface area contributed by atoms with E-state index in [2.05, 4.69) is 6.92 Å².